The van der Waals surface area contributed by atoms with Gasteiger partial charge in [-0.15, -0.1) is 12.4 Å². The molecule has 22 heavy (non-hydrogen) atoms. The van der Waals surface area contributed by atoms with Gasteiger partial charge in [-0.1, -0.05) is 55.8 Å². The number of benzene rings is 2. The zero-order valence-electron chi connectivity index (χ0n) is 13.1. The fraction of sp³-hybridized carbons (Fsp3) is 0.421. The molecule has 0 aromatic heterocycles. The van der Waals surface area contributed by atoms with E-state index in [-0.39, 0.29) is 18.4 Å². The molecule has 0 bridgehead atoms. The maximum Gasteiger partial charge on any atom is 0.180 e. The molecule has 0 radical (unpaired) electrons. The molecule has 0 spiro atoms. The Morgan fingerprint density at radius 3 is 2.50 bits per heavy atom. The molecule has 3 rings (SSSR count). The summed E-state index contributed by atoms with van der Waals surface area (Å²) < 4.78 is 0. The minimum absolute atomic E-state index is 0. The number of carbonyl (C=O) groups is 1. The lowest BCUT2D eigenvalue weighted by Crippen LogP contribution is -2.39. The lowest BCUT2D eigenvalue weighted by Gasteiger charge is -2.26. The SMILES string of the molecule is CCCC(C(=O)c1cccc2ccccc12)N1CCCC1.Cl. The van der Waals surface area contributed by atoms with E-state index in [0.717, 1.165) is 42.3 Å². The first-order chi connectivity index (χ1) is 10.3. The molecule has 1 saturated heterocycles. The van der Waals surface area contributed by atoms with E-state index in [1.807, 2.05) is 24.3 Å². The first kappa shape index (κ1) is 17.0. The van der Waals surface area contributed by atoms with E-state index in [4.69, 9.17) is 0 Å². The number of halogens is 1. The molecule has 0 saturated carbocycles. The summed E-state index contributed by atoms with van der Waals surface area (Å²) in [6, 6.07) is 14.3. The Kier molecular flexibility index (Phi) is 5.98. The second-order valence-electron chi connectivity index (χ2n) is 5.94. The van der Waals surface area contributed by atoms with Crippen molar-refractivity contribution in [1.29, 1.82) is 0 Å². The van der Waals surface area contributed by atoms with E-state index in [1.165, 1.54) is 12.8 Å². The third-order valence-electron chi connectivity index (χ3n) is 4.50. The molecule has 3 heteroatoms. The molecule has 1 atom stereocenters. The van der Waals surface area contributed by atoms with Crippen LogP contribution in [0.25, 0.3) is 10.8 Å². The van der Waals surface area contributed by atoms with Gasteiger partial charge < -0.3 is 0 Å². The van der Waals surface area contributed by atoms with E-state index in [9.17, 15) is 4.79 Å². The summed E-state index contributed by atoms with van der Waals surface area (Å²) in [5, 5.41) is 2.24. The Balaban J connectivity index is 0.00000176. The molecule has 0 N–H and O–H groups in total. The van der Waals surface area contributed by atoms with Gasteiger partial charge in [-0.25, -0.2) is 0 Å². The van der Waals surface area contributed by atoms with Gasteiger partial charge in [0.2, 0.25) is 0 Å². The maximum atomic E-state index is 13.1. The van der Waals surface area contributed by atoms with Gasteiger partial charge in [0.05, 0.1) is 6.04 Å². The number of hydrogen-bond donors (Lipinski definition) is 0. The number of fused-ring (bicyclic) bond motifs is 1. The number of hydrogen-bond acceptors (Lipinski definition) is 2. The van der Waals surface area contributed by atoms with E-state index in [2.05, 4.69) is 30.0 Å². The number of likely N-dealkylation sites (tertiary alicyclic amines) is 1. The van der Waals surface area contributed by atoms with Crippen molar-refractivity contribution in [2.45, 2.75) is 38.6 Å². The molecule has 118 valence electrons. The highest BCUT2D eigenvalue weighted by Gasteiger charge is 2.28. The van der Waals surface area contributed by atoms with E-state index < -0.39 is 0 Å². The van der Waals surface area contributed by atoms with Crippen molar-refractivity contribution < 1.29 is 4.79 Å². The van der Waals surface area contributed by atoms with Crippen LogP contribution in [-0.4, -0.2) is 29.8 Å². The zero-order chi connectivity index (χ0) is 14.7. The predicted octanol–water partition coefficient (Wildman–Crippen LogP) is 4.71. The predicted molar refractivity (Wildman–Crippen MR) is 95.0 cm³/mol. The average molecular weight is 318 g/mol. The molecule has 1 aliphatic rings. The Labute approximate surface area is 138 Å². The summed E-state index contributed by atoms with van der Waals surface area (Å²) >= 11 is 0. The quantitative estimate of drug-likeness (QED) is 0.744. The number of nitrogens with zero attached hydrogens (tertiary/aromatic N) is 1. The van der Waals surface area contributed by atoms with Gasteiger partial charge in [0.25, 0.3) is 0 Å². The van der Waals surface area contributed by atoms with Gasteiger partial charge in [-0.3, -0.25) is 9.69 Å². The normalized spacial score (nSPS) is 16.4. The van der Waals surface area contributed by atoms with Gasteiger partial charge in [0, 0.05) is 5.56 Å². The fourth-order valence-corrected chi connectivity index (χ4v) is 3.43. The summed E-state index contributed by atoms with van der Waals surface area (Å²) in [6.07, 6.45) is 4.46. The van der Waals surface area contributed by atoms with Crippen molar-refractivity contribution in [3.05, 3.63) is 48.0 Å². The highest BCUT2D eigenvalue weighted by molar-refractivity contribution is 6.10. The number of ketones is 1. The third-order valence-corrected chi connectivity index (χ3v) is 4.50. The van der Waals surface area contributed by atoms with Gasteiger partial charge >= 0.3 is 0 Å². The van der Waals surface area contributed by atoms with Crippen LogP contribution in [-0.2, 0) is 0 Å². The number of Topliss-reactive ketones (excluding diaryl/α,β-unsaturated/α-hetero) is 1. The van der Waals surface area contributed by atoms with Crippen LogP contribution in [0, 0.1) is 0 Å². The molecule has 0 aliphatic carbocycles. The topological polar surface area (TPSA) is 20.3 Å². The molecule has 1 unspecified atom stereocenters. The second kappa shape index (κ2) is 7.75. The molecule has 1 aliphatic heterocycles. The lowest BCUT2D eigenvalue weighted by molar-refractivity contribution is 0.0839. The molecule has 1 heterocycles. The van der Waals surface area contributed by atoms with Crippen LogP contribution < -0.4 is 0 Å². The van der Waals surface area contributed by atoms with Gasteiger partial charge in [-0.05, 0) is 43.1 Å². The smallest absolute Gasteiger partial charge is 0.180 e. The minimum Gasteiger partial charge on any atom is -0.293 e. The van der Waals surface area contributed by atoms with Crippen LogP contribution >= 0.6 is 12.4 Å². The number of rotatable bonds is 5. The van der Waals surface area contributed by atoms with Crippen LogP contribution in [0.1, 0.15) is 43.0 Å². The Bertz CT molecular complexity index is 629. The van der Waals surface area contributed by atoms with E-state index >= 15 is 0 Å². The number of carbonyl (C=O) groups excluding carboxylic acids is 1. The van der Waals surface area contributed by atoms with Crippen LogP contribution in [0.5, 0.6) is 0 Å². The van der Waals surface area contributed by atoms with Crippen LogP contribution in [0.2, 0.25) is 0 Å². The second-order valence-corrected chi connectivity index (χ2v) is 5.94. The summed E-state index contributed by atoms with van der Waals surface area (Å²) in [7, 11) is 0. The first-order valence-corrected chi connectivity index (χ1v) is 8.07. The monoisotopic (exact) mass is 317 g/mol. The van der Waals surface area contributed by atoms with Crippen molar-refractivity contribution in [2.24, 2.45) is 0 Å². The minimum atomic E-state index is 0. The molecule has 2 nitrogen and oxygen atoms in total. The lowest BCUT2D eigenvalue weighted by atomic mass is 9.94. The van der Waals surface area contributed by atoms with Gasteiger partial charge in [0.1, 0.15) is 0 Å². The highest BCUT2D eigenvalue weighted by atomic mass is 35.5. The molecule has 0 amide bonds. The van der Waals surface area contributed by atoms with Gasteiger partial charge in [0.15, 0.2) is 5.78 Å². The van der Waals surface area contributed by atoms with Crippen LogP contribution in [0.4, 0.5) is 0 Å². The van der Waals surface area contributed by atoms with Crippen LogP contribution in [0.3, 0.4) is 0 Å². The summed E-state index contributed by atoms with van der Waals surface area (Å²) in [6.45, 7) is 4.31. The van der Waals surface area contributed by atoms with Gasteiger partial charge in [-0.2, -0.15) is 0 Å². The Morgan fingerprint density at radius 1 is 1.09 bits per heavy atom. The first-order valence-electron chi connectivity index (χ1n) is 8.07. The largest absolute Gasteiger partial charge is 0.293 e. The van der Waals surface area contributed by atoms with Crippen molar-refractivity contribution in [1.82, 2.24) is 4.90 Å². The molecule has 1 fully saturated rings. The van der Waals surface area contributed by atoms with Crippen molar-refractivity contribution in [3.63, 3.8) is 0 Å². The molecular weight excluding hydrogens is 294 g/mol. The van der Waals surface area contributed by atoms with Crippen molar-refractivity contribution >= 4 is 29.0 Å². The van der Waals surface area contributed by atoms with Crippen LogP contribution in [0.15, 0.2) is 42.5 Å². The Hall–Kier alpha value is -1.38. The zero-order valence-corrected chi connectivity index (χ0v) is 13.9. The fourth-order valence-electron chi connectivity index (χ4n) is 3.43. The Morgan fingerprint density at radius 2 is 1.77 bits per heavy atom. The van der Waals surface area contributed by atoms with E-state index in [1.54, 1.807) is 0 Å². The van der Waals surface area contributed by atoms with Crippen molar-refractivity contribution in [2.75, 3.05) is 13.1 Å². The maximum absolute atomic E-state index is 13.1. The highest BCUT2D eigenvalue weighted by Crippen LogP contribution is 2.24. The average Bonchev–Trinajstić information content (AvgIpc) is 3.05. The third kappa shape index (κ3) is 3.34. The molecule has 2 aromatic rings. The summed E-state index contributed by atoms with van der Waals surface area (Å²) in [4.78, 5) is 15.5. The molecular formula is C19H24ClNO. The standard InChI is InChI=1S/C19H23NO.ClH/c1-2-8-18(20-13-5-6-14-20)19(21)17-12-7-10-15-9-3-4-11-16(15)17;/h3-4,7,9-12,18H,2,5-6,8,13-14H2,1H3;1H. The van der Waals surface area contributed by atoms with Crippen molar-refractivity contribution in [3.8, 4) is 0 Å². The summed E-state index contributed by atoms with van der Waals surface area (Å²) in [5.41, 5.74) is 0.887. The molecule has 2 aromatic carbocycles. The van der Waals surface area contributed by atoms with E-state index in [0.29, 0.717) is 5.78 Å². The summed E-state index contributed by atoms with van der Waals surface area (Å²) in [5.74, 6) is 0.301.